The van der Waals surface area contributed by atoms with Crippen LogP contribution in [0.5, 0.6) is 0 Å². The first kappa shape index (κ1) is 17.5. The molecule has 1 saturated carbocycles. The van der Waals surface area contributed by atoms with Gasteiger partial charge in [-0.1, -0.05) is 36.8 Å². The lowest BCUT2D eigenvalue weighted by molar-refractivity contribution is -0.129. The van der Waals surface area contributed by atoms with E-state index < -0.39 is 5.41 Å². The number of carbonyl (C=O) groups is 3. The maximum atomic E-state index is 13.0. The van der Waals surface area contributed by atoms with Gasteiger partial charge in [0.05, 0.1) is 11.1 Å². The van der Waals surface area contributed by atoms with Gasteiger partial charge >= 0.3 is 0 Å². The molecule has 0 spiro atoms. The van der Waals surface area contributed by atoms with Gasteiger partial charge in [0.25, 0.3) is 0 Å². The van der Waals surface area contributed by atoms with Gasteiger partial charge in [-0.15, -0.1) is 0 Å². The molecule has 1 heterocycles. The van der Waals surface area contributed by atoms with Crippen molar-refractivity contribution in [3.63, 3.8) is 0 Å². The molecular formula is C22H22N2O3. The maximum absolute atomic E-state index is 13.0. The molecule has 1 saturated heterocycles. The Morgan fingerprint density at radius 1 is 0.852 bits per heavy atom. The summed E-state index contributed by atoms with van der Waals surface area (Å²) in [6.45, 7) is 0. The van der Waals surface area contributed by atoms with Gasteiger partial charge in [0.1, 0.15) is 0 Å². The molecule has 138 valence electrons. The highest BCUT2D eigenvalue weighted by Gasteiger charge is 2.45. The van der Waals surface area contributed by atoms with E-state index in [1.165, 1.54) is 4.90 Å². The molecule has 2 fully saturated rings. The van der Waals surface area contributed by atoms with Crippen LogP contribution < -0.4 is 10.2 Å². The zero-order valence-corrected chi connectivity index (χ0v) is 15.1. The second kappa shape index (κ2) is 6.99. The fourth-order valence-corrected chi connectivity index (χ4v) is 3.92. The molecule has 5 heteroatoms. The highest BCUT2D eigenvalue weighted by atomic mass is 16.2. The van der Waals surface area contributed by atoms with E-state index in [1.807, 2.05) is 30.3 Å². The molecular weight excluding hydrogens is 340 g/mol. The SMILES string of the molecule is O=C1CCCC(=O)N1c1ccc(NC(=O)C2(c3ccccc3)CCC2)cc1. The number of hydrogen-bond donors (Lipinski definition) is 1. The third-order valence-corrected chi connectivity index (χ3v) is 5.63. The molecule has 0 bridgehead atoms. The summed E-state index contributed by atoms with van der Waals surface area (Å²) in [5, 5.41) is 3.01. The van der Waals surface area contributed by atoms with Crippen molar-refractivity contribution in [1.29, 1.82) is 0 Å². The zero-order chi connectivity index (χ0) is 18.9. The minimum absolute atomic E-state index is 0.00201. The van der Waals surface area contributed by atoms with Crippen molar-refractivity contribution in [2.24, 2.45) is 0 Å². The summed E-state index contributed by atoms with van der Waals surface area (Å²) >= 11 is 0. The Balaban J connectivity index is 1.51. The van der Waals surface area contributed by atoms with Crippen molar-refractivity contribution in [3.05, 3.63) is 60.2 Å². The number of nitrogens with zero attached hydrogens (tertiary/aromatic N) is 1. The van der Waals surface area contributed by atoms with Crippen molar-refractivity contribution >= 4 is 29.1 Å². The normalized spacial score (nSPS) is 18.7. The fraction of sp³-hybridized carbons (Fsp3) is 0.318. The molecule has 3 amide bonds. The third kappa shape index (κ3) is 3.14. The minimum Gasteiger partial charge on any atom is -0.325 e. The monoisotopic (exact) mass is 362 g/mol. The van der Waals surface area contributed by atoms with Crippen LogP contribution >= 0.6 is 0 Å². The molecule has 1 aliphatic carbocycles. The lowest BCUT2D eigenvalue weighted by atomic mass is 9.64. The number of imide groups is 1. The van der Waals surface area contributed by atoms with Crippen LogP contribution in [0.4, 0.5) is 11.4 Å². The van der Waals surface area contributed by atoms with E-state index in [0.29, 0.717) is 30.6 Å². The largest absolute Gasteiger partial charge is 0.325 e. The van der Waals surface area contributed by atoms with Crippen LogP contribution in [0.2, 0.25) is 0 Å². The van der Waals surface area contributed by atoms with Crippen molar-refractivity contribution in [3.8, 4) is 0 Å². The Morgan fingerprint density at radius 3 is 2.04 bits per heavy atom. The summed E-state index contributed by atoms with van der Waals surface area (Å²) in [7, 11) is 0. The molecule has 0 radical (unpaired) electrons. The number of piperidine rings is 1. The molecule has 2 aromatic rings. The number of amides is 3. The second-order valence-electron chi connectivity index (χ2n) is 7.28. The smallest absolute Gasteiger partial charge is 0.235 e. The molecule has 4 rings (SSSR count). The summed E-state index contributed by atoms with van der Waals surface area (Å²) in [6.07, 6.45) is 4.13. The average molecular weight is 362 g/mol. The topological polar surface area (TPSA) is 66.5 Å². The van der Waals surface area contributed by atoms with Crippen molar-refractivity contribution < 1.29 is 14.4 Å². The molecule has 5 nitrogen and oxygen atoms in total. The Morgan fingerprint density at radius 2 is 1.48 bits per heavy atom. The number of anilines is 2. The predicted molar refractivity (Wildman–Crippen MR) is 103 cm³/mol. The van der Waals surface area contributed by atoms with Gasteiger partial charge in [0.15, 0.2) is 0 Å². The average Bonchev–Trinajstić information content (AvgIpc) is 2.63. The summed E-state index contributed by atoms with van der Waals surface area (Å²) in [6, 6.07) is 16.8. The molecule has 0 unspecified atom stereocenters. The molecule has 1 aliphatic heterocycles. The minimum atomic E-state index is -0.460. The van der Waals surface area contributed by atoms with Crippen LogP contribution in [0.15, 0.2) is 54.6 Å². The number of carbonyl (C=O) groups excluding carboxylic acids is 3. The van der Waals surface area contributed by atoms with Gasteiger partial charge in [0.2, 0.25) is 17.7 Å². The van der Waals surface area contributed by atoms with E-state index >= 15 is 0 Å². The lowest BCUT2D eigenvalue weighted by Gasteiger charge is -2.40. The number of rotatable bonds is 4. The van der Waals surface area contributed by atoms with E-state index in [-0.39, 0.29) is 17.7 Å². The third-order valence-electron chi connectivity index (χ3n) is 5.63. The van der Waals surface area contributed by atoms with Gasteiger partial charge in [-0.05, 0) is 49.1 Å². The summed E-state index contributed by atoms with van der Waals surface area (Å²) in [5.74, 6) is -0.334. The van der Waals surface area contributed by atoms with Crippen LogP contribution in [-0.2, 0) is 19.8 Å². The van der Waals surface area contributed by atoms with Crippen LogP contribution in [0.25, 0.3) is 0 Å². The summed E-state index contributed by atoms with van der Waals surface area (Å²) in [4.78, 5) is 38.3. The van der Waals surface area contributed by atoms with Gasteiger partial charge in [-0.3, -0.25) is 19.3 Å². The van der Waals surface area contributed by atoms with Crippen LogP contribution in [0, 0.1) is 0 Å². The van der Waals surface area contributed by atoms with E-state index in [0.717, 1.165) is 24.8 Å². The van der Waals surface area contributed by atoms with Gasteiger partial charge in [-0.2, -0.15) is 0 Å². The molecule has 0 aromatic heterocycles. The first-order valence-corrected chi connectivity index (χ1v) is 9.43. The quantitative estimate of drug-likeness (QED) is 0.842. The molecule has 1 N–H and O–H groups in total. The fourth-order valence-electron chi connectivity index (χ4n) is 3.92. The van der Waals surface area contributed by atoms with Gasteiger partial charge in [0, 0.05) is 18.5 Å². The lowest BCUT2D eigenvalue weighted by Crippen LogP contribution is -2.46. The summed E-state index contributed by atoms with van der Waals surface area (Å²) in [5.41, 5.74) is 1.82. The van der Waals surface area contributed by atoms with Crippen LogP contribution in [-0.4, -0.2) is 17.7 Å². The van der Waals surface area contributed by atoms with Crippen molar-refractivity contribution in [2.75, 3.05) is 10.2 Å². The Hall–Kier alpha value is -2.95. The Labute approximate surface area is 158 Å². The first-order valence-electron chi connectivity index (χ1n) is 9.43. The highest BCUT2D eigenvalue weighted by Crippen LogP contribution is 2.44. The van der Waals surface area contributed by atoms with Crippen molar-refractivity contribution in [2.45, 2.75) is 43.9 Å². The van der Waals surface area contributed by atoms with Gasteiger partial charge < -0.3 is 5.32 Å². The summed E-state index contributed by atoms with van der Waals surface area (Å²) < 4.78 is 0. The second-order valence-corrected chi connectivity index (χ2v) is 7.28. The van der Waals surface area contributed by atoms with E-state index in [4.69, 9.17) is 0 Å². The van der Waals surface area contributed by atoms with E-state index in [1.54, 1.807) is 24.3 Å². The van der Waals surface area contributed by atoms with Crippen LogP contribution in [0.1, 0.15) is 44.1 Å². The maximum Gasteiger partial charge on any atom is 0.235 e. The van der Waals surface area contributed by atoms with E-state index in [2.05, 4.69) is 5.32 Å². The number of nitrogens with one attached hydrogen (secondary N) is 1. The zero-order valence-electron chi connectivity index (χ0n) is 15.1. The van der Waals surface area contributed by atoms with E-state index in [9.17, 15) is 14.4 Å². The van der Waals surface area contributed by atoms with Crippen molar-refractivity contribution in [1.82, 2.24) is 0 Å². The standard InChI is InChI=1S/C22H22N2O3/c25-19-8-4-9-20(26)24(19)18-12-10-17(11-13-18)23-21(27)22(14-5-15-22)16-6-2-1-3-7-16/h1-3,6-7,10-13H,4-5,8-9,14-15H2,(H,23,27). The molecule has 2 aromatic carbocycles. The molecule has 0 atom stereocenters. The molecule has 27 heavy (non-hydrogen) atoms. The number of benzene rings is 2. The number of hydrogen-bond acceptors (Lipinski definition) is 3. The van der Waals surface area contributed by atoms with Gasteiger partial charge in [-0.25, -0.2) is 0 Å². The molecule has 2 aliphatic rings. The predicted octanol–water partition coefficient (Wildman–Crippen LogP) is 3.79. The first-order chi connectivity index (χ1) is 13.1. The highest BCUT2D eigenvalue weighted by molar-refractivity contribution is 6.16. The van der Waals surface area contributed by atoms with Crippen LogP contribution in [0.3, 0.4) is 0 Å². The Kier molecular flexibility index (Phi) is 4.52. The Bertz CT molecular complexity index is 854.